The highest BCUT2D eigenvalue weighted by Crippen LogP contribution is 2.47. The Balaban J connectivity index is 1.66. The highest BCUT2D eigenvalue weighted by Gasteiger charge is 2.28. The zero-order valence-corrected chi connectivity index (χ0v) is 16.7. The summed E-state index contributed by atoms with van der Waals surface area (Å²) in [4.78, 5) is 32.3. The molecule has 2 aromatic carbocycles. The van der Waals surface area contributed by atoms with E-state index in [1.165, 1.54) is 7.05 Å². The zero-order valence-electron chi connectivity index (χ0n) is 15.9. The molecule has 0 unspecified atom stereocenters. The molecule has 0 spiro atoms. The summed E-state index contributed by atoms with van der Waals surface area (Å²) in [6.45, 7) is 0.188. The third-order valence-electron chi connectivity index (χ3n) is 5.12. The molecule has 0 bridgehead atoms. The molecule has 0 radical (unpaired) electrons. The number of hydrogen-bond acceptors (Lipinski definition) is 7. The summed E-state index contributed by atoms with van der Waals surface area (Å²) in [7, 11) is 1.40. The van der Waals surface area contributed by atoms with Crippen LogP contribution in [0.2, 0.25) is 0 Å². The van der Waals surface area contributed by atoms with Crippen LogP contribution in [0.5, 0.6) is 17.4 Å². The Kier molecular flexibility index (Phi) is 4.39. The molecule has 0 amide bonds. The molecule has 30 heavy (non-hydrogen) atoms. The van der Waals surface area contributed by atoms with Crippen LogP contribution in [0.3, 0.4) is 0 Å². The molecule has 0 saturated carbocycles. The predicted octanol–water partition coefficient (Wildman–Crippen LogP) is 2.87. The van der Waals surface area contributed by atoms with Crippen molar-refractivity contribution < 1.29 is 14.6 Å². The molecule has 2 aliphatic heterocycles. The van der Waals surface area contributed by atoms with Gasteiger partial charge in [0.2, 0.25) is 12.7 Å². The summed E-state index contributed by atoms with van der Waals surface area (Å²) in [5, 5.41) is 10.5. The molecule has 0 fully saturated rings. The standard InChI is InChI=1S/C21H17N3O5S/c1-24-20(26)18(19(25)23-21(24)27)13-9-17(30-16-5-3-2-4-12(16)22-13)11-6-7-14-15(8-11)29-10-28-14/h2-8,17,26H,9-10H2,1H3,(H,23,25,27)/t17-/m1/s1. The van der Waals surface area contributed by atoms with Crippen molar-refractivity contribution in [2.75, 3.05) is 6.79 Å². The summed E-state index contributed by atoms with van der Waals surface area (Å²) < 4.78 is 11.9. The van der Waals surface area contributed by atoms with E-state index in [9.17, 15) is 14.7 Å². The van der Waals surface area contributed by atoms with Crippen LogP contribution in [0.15, 0.2) is 61.9 Å². The van der Waals surface area contributed by atoms with Gasteiger partial charge in [-0.25, -0.2) is 4.79 Å². The van der Waals surface area contributed by atoms with Crippen molar-refractivity contribution in [3.8, 4) is 17.4 Å². The molecule has 5 rings (SSSR count). The first-order valence-electron chi connectivity index (χ1n) is 9.26. The Morgan fingerprint density at radius 3 is 2.83 bits per heavy atom. The average molecular weight is 423 g/mol. The van der Waals surface area contributed by atoms with Crippen molar-refractivity contribution in [2.45, 2.75) is 16.6 Å². The van der Waals surface area contributed by atoms with Gasteiger partial charge in [0.05, 0.1) is 11.4 Å². The second-order valence-electron chi connectivity index (χ2n) is 6.97. The first kappa shape index (κ1) is 18.6. The normalized spacial score (nSPS) is 17.2. The summed E-state index contributed by atoms with van der Waals surface area (Å²) in [6.07, 6.45) is 0.369. The number of fused-ring (bicyclic) bond motifs is 2. The van der Waals surface area contributed by atoms with E-state index >= 15 is 0 Å². The van der Waals surface area contributed by atoms with E-state index in [0.29, 0.717) is 29.3 Å². The van der Waals surface area contributed by atoms with Crippen molar-refractivity contribution in [3.63, 3.8) is 0 Å². The van der Waals surface area contributed by atoms with Gasteiger partial charge in [-0.05, 0) is 29.8 Å². The van der Waals surface area contributed by atoms with E-state index < -0.39 is 17.1 Å². The van der Waals surface area contributed by atoms with Gasteiger partial charge in [-0.3, -0.25) is 19.3 Å². The minimum Gasteiger partial charge on any atom is -0.494 e. The van der Waals surface area contributed by atoms with Gasteiger partial charge in [0.15, 0.2) is 11.5 Å². The van der Waals surface area contributed by atoms with E-state index in [1.54, 1.807) is 11.8 Å². The van der Waals surface area contributed by atoms with Crippen molar-refractivity contribution in [2.24, 2.45) is 12.0 Å². The molecule has 1 atom stereocenters. The Hall–Kier alpha value is -3.46. The van der Waals surface area contributed by atoms with Crippen molar-refractivity contribution >= 4 is 23.2 Å². The highest BCUT2D eigenvalue weighted by molar-refractivity contribution is 7.99. The fraction of sp³-hybridized carbons (Fsp3) is 0.190. The number of H-pyrrole nitrogens is 1. The van der Waals surface area contributed by atoms with Gasteiger partial charge in [0.1, 0.15) is 5.56 Å². The Bertz CT molecular complexity index is 1310. The summed E-state index contributed by atoms with van der Waals surface area (Å²) in [6, 6.07) is 13.4. The maximum absolute atomic E-state index is 12.6. The van der Waals surface area contributed by atoms with E-state index in [0.717, 1.165) is 15.0 Å². The van der Waals surface area contributed by atoms with Crippen LogP contribution in [-0.2, 0) is 7.05 Å². The van der Waals surface area contributed by atoms with Gasteiger partial charge in [-0.2, -0.15) is 0 Å². The van der Waals surface area contributed by atoms with Crippen molar-refractivity contribution in [3.05, 3.63) is 74.4 Å². The molecule has 3 heterocycles. The first-order valence-corrected chi connectivity index (χ1v) is 10.1. The molecule has 1 aromatic heterocycles. The third-order valence-corrected chi connectivity index (χ3v) is 6.44. The highest BCUT2D eigenvalue weighted by atomic mass is 32.2. The topological polar surface area (TPSA) is 106 Å². The molecule has 2 N–H and O–H groups in total. The van der Waals surface area contributed by atoms with Crippen LogP contribution in [0.25, 0.3) is 0 Å². The second-order valence-corrected chi connectivity index (χ2v) is 8.21. The largest absolute Gasteiger partial charge is 0.494 e. The fourth-order valence-electron chi connectivity index (χ4n) is 3.54. The lowest BCUT2D eigenvalue weighted by Crippen LogP contribution is -2.32. The van der Waals surface area contributed by atoms with Gasteiger partial charge in [0, 0.05) is 23.6 Å². The predicted molar refractivity (Wildman–Crippen MR) is 112 cm³/mol. The number of nitrogens with one attached hydrogen (secondary N) is 1. The molecule has 2 aliphatic rings. The number of para-hydroxylation sites is 1. The smallest absolute Gasteiger partial charge is 0.330 e. The molecule has 152 valence electrons. The molecule has 0 saturated heterocycles. The number of aliphatic imine (C=N–C) groups is 1. The number of hydrogen-bond donors (Lipinski definition) is 2. The Morgan fingerprint density at radius 2 is 1.97 bits per heavy atom. The number of benzene rings is 2. The van der Waals surface area contributed by atoms with Gasteiger partial charge >= 0.3 is 5.69 Å². The zero-order chi connectivity index (χ0) is 20.8. The third kappa shape index (κ3) is 3.07. The number of ether oxygens (including phenoxy) is 2. The maximum atomic E-state index is 12.6. The van der Waals surface area contributed by atoms with Gasteiger partial charge in [-0.1, -0.05) is 18.2 Å². The molecule has 3 aromatic rings. The number of aromatic nitrogens is 2. The van der Waals surface area contributed by atoms with Crippen LogP contribution in [0.4, 0.5) is 5.69 Å². The van der Waals surface area contributed by atoms with Crippen molar-refractivity contribution in [1.29, 1.82) is 0 Å². The molecule has 9 heteroatoms. The number of nitrogens with zero attached hydrogens (tertiary/aromatic N) is 2. The van der Waals surface area contributed by atoms with E-state index in [4.69, 9.17) is 14.5 Å². The van der Waals surface area contributed by atoms with Crippen LogP contribution in [0, 0.1) is 0 Å². The lowest BCUT2D eigenvalue weighted by molar-refractivity contribution is 0.174. The Labute approximate surface area is 174 Å². The Morgan fingerprint density at radius 1 is 1.17 bits per heavy atom. The monoisotopic (exact) mass is 423 g/mol. The summed E-state index contributed by atoms with van der Waals surface area (Å²) >= 11 is 1.62. The molecule has 0 aliphatic carbocycles. The lowest BCUT2D eigenvalue weighted by atomic mass is 10.0. The lowest BCUT2D eigenvalue weighted by Gasteiger charge is -2.17. The molecular weight excluding hydrogens is 406 g/mol. The number of aromatic hydroxyl groups is 1. The average Bonchev–Trinajstić information content (AvgIpc) is 3.12. The summed E-state index contributed by atoms with van der Waals surface area (Å²) in [5.74, 6) is 0.960. The SMILES string of the molecule is Cn1c(O)c(C2=Nc3ccccc3S[C@@H](c3ccc4c(c3)OCO4)C2)c(=O)[nH]c1=O. The minimum atomic E-state index is -0.683. The quantitative estimate of drug-likeness (QED) is 0.657. The van der Waals surface area contributed by atoms with E-state index in [2.05, 4.69) is 4.98 Å². The molecule has 8 nitrogen and oxygen atoms in total. The van der Waals surface area contributed by atoms with Crippen LogP contribution >= 0.6 is 11.8 Å². The van der Waals surface area contributed by atoms with Gasteiger partial charge in [-0.15, -0.1) is 11.8 Å². The van der Waals surface area contributed by atoms with E-state index in [-0.39, 0.29) is 17.6 Å². The van der Waals surface area contributed by atoms with Crippen LogP contribution in [-0.4, -0.2) is 27.2 Å². The maximum Gasteiger partial charge on any atom is 0.330 e. The van der Waals surface area contributed by atoms with Gasteiger partial charge < -0.3 is 14.6 Å². The minimum absolute atomic E-state index is 0.000136. The van der Waals surface area contributed by atoms with E-state index in [1.807, 2.05) is 42.5 Å². The van der Waals surface area contributed by atoms with Gasteiger partial charge in [0.25, 0.3) is 5.56 Å². The first-order chi connectivity index (χ1) is 14.5. The second kappa shape index (κ2) is 7.10. The summed E-state index contributed by atoms with van der Waals surface area (Å²) in [5.41, 5.74) is 0.744. The fourth-order valence-corrected chi connectivity index (χ4v) is 4.76. The van der Waals surface area contributed by atoms with Crippen molar-refractivity contribution in [1.82, 2.24) is 9.55 Å². The number of rotatable bonds is 2. The molecular formula is C21H17N3O5S. The number of aromatic amines is 1. The van der Waals surface area contributed by atoms with Crippen LogP contribution < -0.4 is 20.7 Å². The number of thioether (sulfide) groups is 1. The van der Waals surface area contributed by atoms with Crippen LogP contribution in [0.1, 0.15) is 22.8 Å².